The largest absolute Gasteiger partial charge is 0.452 e. The lowest BCUT2D eigenvalue weighted by Crippen LogP contribution is -2.63. The summed E-state index contributed by atoms with van der Waals surface area (Å²) >= 11 is 0. The SMILES string of the molecule is O=C(O[C@@H]1O[C@H](COC(c2ccccc2)(c2ccccc2)c2ccccc2)[C@H](OC(=O)c2ccccc2)[C@H](OC(=O)c2ccccc2)[C@H]1OC(=O)c1ccccc1)c1ccccc1. The molecule has 7 aromatic rings. The Hall–Kier alpha value is -7.66. The normalized spacial score (nSPS) is 18.3. The Morgan fingerprint density at radius 3 is 1.00 bits per heavy atom. The molecule has 0 aliphatic carbocycles. The molecule has 10 nitrogen and oxygen atoms in total. The van der Waals surface area contributed by atoms with Gasteiger partial charge in [-0.1, -0.05) is 164 Å². The molecule has 1 saturated heterocycles. The van der Waals surface area contributed by atoms with E-state index in [9.17, 15) is 19.2 Å². The molecule has 0 amide bonds. The summed E-state index contributed by atoms with van der Waals surface area (Å²) in [5.74, 6) is -3.28. The summed E-state index contributed by atoms with van der Waals surface area (Å²) in [6.45, 7) is -0.344. The van der Waals surface area contributed by atoms with Crippen LogP contribution in [-0.4, -0.2) is 61.2 Å². The van der Waals surface area contributed by atoms with Crippen LogP contribution in [0.5, 0.6) is 0 Å². The van der Waals surface area contributed by atoms with Crippen LogP contribution in [-0.2, 0) is 34.0 Å². The molecule has 5 atom stereocenters. The number of ether oxygens (including phenoxy) is 6. The van der Waals surface area contributed by atoms with Crippen LogP contribution in [0.3, 0.4) is 0 Å². The van der Waals surface area contributed by atoms with Gasteiger partial charge in [-0.15, -0.1) is 0 Å². The van der Waals surface area contributed by atoms with Crippen molar-refractivity contribution in [3.05, 3.63) is 251 Å². The molecule has 63 heavy (non-hydrogen) atoms. The van der Waals surface area contributed by atoms with Gasteiger partial charge < -0.3 is 28.4 Å². The third kappa shape index (κ3) is 9.63. The Balaban J connectivity index is 1.27. The lowest BCUT2D eigenvalue weighted by Gasteiger charge is -2.45. The van der Waals surface area contributed by atoms with Gasteiger partial charge in [0, 0.05) is 0 Å². The van der Waals surface area contributed by atoms with Crippen LogP contribution in [0.15, 0.2) is 212 Å². The van der Waals surface area contributed by atoms with E-state index in [4.69, 9.17) is 28.4 Å². The van der Waals surface area contributed by atoms with Gasteiger partial charge in [-0.3, -0.25) is 0 Å². The summed E-state index contributed by atoms with van der Waals surface area (Å²) in [5.41, 5.74) is 1.69. The van der Waals surface area contributed by atoms with Crippen LogP contribution in [0.4, 0.5) is 0 Å². The fourth-order valence-electron chi connectivity index (χ4n) is 7.53. The first-order valence-corrected chi connectivity index (χ1v) is 20.4. The summed E-state index contributed by atoms with van der Waals surface area (Å²) in [5, 5.41) is 0. The van der Waals surface area contributed by atoms with E-state index in [2.05, 4.69) is 0 Å². The van der Waals surface area contributed by atoms with E-state index in [1.165, 1.54) is 0 Å². The second kappa shape index (κ2) is 19.8. The van der Waals surface area contributed by atoms with Crippen molar-refractivity contribution in [3.63, 3.8) is 0 Å². The van der Waals surface area contributed by atoms with Crippen LogP contribution >= 0.6 is 0 Å². The van der Waals surface area contributed by atoms with Gasteiger partial charge in [0.05, 0.1) is 28.9 Å². The molecule has 0 saturated carbocycles. The molecular weight excluding hydrogens is 797 g/mol. The molecule has 0 aromatic heterocycles. The molecule has 314 valence electrons. The minimum absolute atomic E-state index is 0.153. The molecule has 0 N–H and O–H groups in total. The van der Waals surface area contributed by atoms with Crippen LogP contribution in [0.2, 0.25) is 0 Å². The summed E-state index contributed by atoms with van der Waals surface area (Å²) in [6.07, 6.45) is -7.88. The predicted molar refractivity (Wildman–Crippen MR) is 233 cm³/mol. The average molecular weight is 839 g/mol. The van der Waals surface area contributed by atoms with Gasteiger partial charge in [0.2, 0.25) is 12.4 Å². The number of carbonyl (C=O) groups is 4. The number of rotatable bonds is 14. The van der Waals surface area contributed by atoms with Crippen molar-refractivity contribution in [3.8, 4) is 0 Å². The van der Waals surface area contributed by atoms with Gasteiger partial charge in [-0.2, -0.15) is 0 Å². The monoisotopic (exact) mass is 838 g/mol. The minimum atomic E-state index is -1.72. The zero-order valence-electron chi connectivity index (χ0n) is 33.9. The van der Waals surface area contributed by atoms with Crippen LogP contribution in [0.25, 0.3) is 0 Å². The second-order valence-electron chi connectivity index (χ2n) is 14.6. The van der Waals surface area contributed by atoms with Gasteiger partial charge in [0.1, 0.15) is 11.7 Å². The topological polar surface area (TPSA) is 124 Å². The first kappa shape index (κ1) is 42.0. The standard InChI is InChI=1S/C53H42O10/c54-48(37-22-8-1-9-23-37)60-45-44(36-58-53(41-30-16-5-17-31-41,42-32-18-6-19-33-42)43-34-20-7-21-35-43)59-52(63-51(57)40-28-14-4-15-29-40)47(62-50(56)39-26-12-3-13-27-39)46(45)61-49(55)38-24-10-2-11-25-38/h1-35,44-47,52H,36H2/t44-,45+,46+,47-,52+/m1/s1. The molecule has 8 rings (SSSR count). The molecule has 1 fully saturated rings. The highest BCUT2D eigenvalue weighted by Crippen LogP contribution is 2.42. The van der Waals surface area contributed by atoms with Gasteiger partial charge in [0.15, 0.2) is 12.2 Å². The molecular formula is C53H42O10. The Bertz CT molecular complexity index is 2480. The van der Waals surface area contributed by atoms with E-state index < -0.39 is 60.2 Å². The lowest BCUT2D eigenvalue weighted by atomic mass is 9.80. The van der Waals surface area contributed by atoms with Crippen LogP contribution in [0.1, 0.15) is 58.1 Å². The second-order valence-corrected chi connectivity index (χ2v) is 14.6. The predicted octanol–water partition coefficient (Wildman–Crippen LogP) is 9.25. The summed E-state index contributed by atoms with van der Waals surface area (Å²) < 4.78 is 38.7. The maximum absolute atomic E-state index is 14.2. The summed E-state index contributed by atoms with van der Waals surface area (Å²) in [6, 6.07) is 61.6. The molecule has 1 heterocycles. The Labute approximate surface area is 364 Å². The zero-order valence-corrected chi connectivity index (χ0v) is 33.9. The minimum Gasteiger partial charge on any atom is -0.452 e. The first-order chi connectivity index (χ1) is 30.9. The molecule has 0 unspecified atom stereocenters. The lowest BCUT2D eigenvalue weighted by molar-refractivity contribution is -0.288. The number of hydrogen-bond acceptors (Lipinski definition) is 10. The fourth-order valence-corrected chi connectivity index (χ4v) is 7.53. The highest BCUT2D eigenvalue weighted by molar-refractivity contribution is 5.92. The van der Waals surface area contributed by atoms with Crippen molar-refractivity contribution in [1.82, 2.24) is 0 Å². The van der Waals surface area contributed by atoms with Crippen LogP contribution < -0.4 is 0 Å². The van der Waals surface area contributed by atoms with Crippen molar-refractivity contribution in [2.75, 3.05) is 6.61 Å². The third-order valence-corrected chi connectivity index (χ3v) is 10.6. The number of carbonyl (C=O) groups excluding carboxylic acids is 4. The van der Waals surface area contributed by atoms with Crippen molar-refractivity contribution in [2.24, 2.45) is 0 Å². The summed E-state index contributed by atoms with van der Waals surface area (Å²) in [4.78, 5) is 56.2. The highest BCUT2D eigenvalue weighted by atomic mass is 16.7. The number of esters is 4. The highest BCUT2D eigenvalue weighted by Gasteiger charge is 2.55. The molecule has 1 aliphatic heterocycles. The van der Waals surface area contributed by atoms with E-state index in [0.717, 1.165) is 16.7 Å². The van der Waals surface area contributed by atoms with E-state index in [0.29, 0.717) is 0 Å². The molecule has 0 spiro atoms. The molecule has 0 radical (unpaired) electrons. The van der Waals surface area contributed by atoms with Crippen molar-refractivity contribution < 1.29 is 47.6 Å². The van der Waals surface area contributed by atoms with E-state index in [1.807, 2.05) is 91.0 Å². The maximum atomic E-state index is 14.2. The van der Waals surface area contributed by atoms with Crippen molar-refractivity contribution in [1.29, 1.82) is 0 Å². The van der Waals surface area contributed by atoms with E-state index >= 15 is 0 Å². The third-order valence-electron chi connectivity index (χ3n) is 10.6. The fraction of sp³-hybridized carbons (Fsp3) is 0.132. The van der Waals surface area contributed by atoms with Gasteiger partial charge >= 0.3 is 23.9 Å². The summed E-state index contributed by atoms with van der Waals surface area (Å²) in [7, 11) is 0. The van der Waals surface area contributed by atoms with E-state index in [-0.39, 0.29) is 28.9 Å². The smallest absolute Gasteiger partial charge is 0.340 e. The van der Waals surface area contributed by atoms with Gasteiger partial charge in [0.25, 0.3) is 0 Å². The first-order valence-electron chi connectivity index (χ1n) is 20.4. The van der Waals surface area contributed by atoms with Crippen LogP contribution in [0, 0.1) is 0 Å². The molecule has 0 bridgehead atoms. The molecule has 1 aliphatic rings. The zero-order chi connectivity index (χ0) is 43.4. The van der Waals surface area contributed by atoms with Crippen molar-refractivity contribution >= 4 is 23.9 Å². The van der Waals surface area contributed by atoms with E-state index in [1.54, 1.807) is 121 Å². The average Bonchev–Trinajstić information content (AvgIpc) is 3.35. The molecule has 7 aromatic carbocycles. The maximum Gasteiger partial charge on any atom is 0.340 e. The number of hydrogen-bond donors (Lipinski definition) is 0. The number of benzene rings is 7. The Morgan fingerprint density at radius 2 is 0.651 bits per heavy atom. The molecule has 10 heteroatoms. The Morgan fingerprint density at radius 1 is 0.365 bits per heavy atom. The Kier molecular flexibility index (Phi) is 13.2. The quantitative estimate of drug-likeness (QED) is 0.0595. The van der Waals surface area contributed by atoms with Gasteiger partial charge in [-0.05, 0) is 65.2 Å². The van der Waals surface area contributed by atoms with Crippen molar-refractivity contribution in [2.45, 2.75) is 36.3 Å². The van der Waals surface area contributed by atoms with Gasteiger partial charge in [-0.25, -0.2) is 19.2 Å².